The van der Waals surface area contributed by atoms with E-state index < -0.39 is 5.97 Å². The molecule has 3 atom stereocenters. The van der Waals surface area contributed by atoms with Crippen LogP contribution in [0.5, 0.6) is 5.75 Å². The molecule has 0 heterocycles. The summed E-state index contributed by atoms with van der Waals surface area (Å²) in [6.45, 7) is 4.51. The van der Waals surface area contributed by atoms with Crippen molar-refractivity contribution in [1.29, 1.82) is 0 Å². The number of benzene rings is 1. The second-order valence-corrected chi connectivity index (χ2v) is 5.86. The molecule has 1 aliphatic rings. The molecule has 0 aliphatic heterocycles. The highest BCUT2D eigenvalue weighted by molar-refractivity contribution is 6.33. The van der Waals surface area contributed by atoms with E-state index in [-0.39, 0.29) is 16.7 Å². The number of hydrogen-bond donors (Lipinski definition) is 1. The van der Waals surface area contributed by atoms with E-state index in [9.17, 15) is 4.79 Å². The van der Waals surface area contributed by atoms with Crippen LogP contribution in [-0.2, 0) is 0 Å². The molecule has 0 saturated heterocycles. The first-order valence-corrected chi connectivity index (χ1v) is 7.04. The van der Waals surface area contributed by atoms with Gasteiger partial charge in [-0.1, -0.05) is 25.4 Å². The van der Waals surface area contributed by atoms with Gasteiger partial charge in [0.15, 0.2) is 0 Å². The minimum atomic E-state index is -1.03. The van der Waals surface area contributed by atoms with Crippen LogP contribution in [0.1, 0.15) is 43.5 Å². The Morgan fingerprint density at radius 2 is 2.05 bits per heavy atom. The molecule has 0 spiro atoms. The Kier molecular flexibility index (Phi) is 4.35. The van der Waals surface area contributed by atoms with Crippen LogP contribution in [0.2, 0.25) is 5.02 Å². The first-order valence-electron chi connectivity index (χ1n) is 6.67. The standard InChI is InChI=1S/C15H19ClO3/c1-9-3-4-11(7-10(9)2)19-12-5-6-14(16)13(8-12)15(17)18/h5-6,8-11H,3-4,7H2,1-2H3,(H,17,18). The summed E-state index contributed by atoms with van der Waals surface area (Å²) in [5, 5.41) is 9.27. The number of ether oxygens (including phenoxy) is 1. The largest absolute Gasteiger partial charge is 0.490 e. The van der Waals surface area contributed by atoms with Crippen LogP contribution in [0.25, 0.3) is 0 Å². The van der Waals surface area contributed by atoms with Gasteiger partial charge in [-0.2, -0.15) is 0 Å². The normalized spacial score (nSPS) is 27.0. The number of aromatic carboxylic acids is 1. The third kappa shape index (κ3) is 3.41. The summed E-state index contributed by atoms with van der Waals surface area (Å²) in [6, 6.07) is 4.82. The van der Waals surface area contributed by atoms with E-state index in [4.69, 9.17) is 21.4 Å². The van der Waals surface area contributed by atoms with Crippen molar-refractivity contribution in [2.45, 2.75) is 39.2 Å². The average molecular weight is 283 g/mol. The van der Waals surface area contributed by atoms with Gasteiger partial charge in [0.05, 0.1) is 16.7 Å². The van der Waals surface area contributed by atoms with Gasteiger partial charge in [0.2, 0.25) is 0 Å². The van der Waals surface area contributed by atoms with E-state index in [1.54, 1.807) is 12.1 Å². The molecule has 4 heteroatoms. The molecule has 0 bridgehead atoms. The lowest BCUT2D eigenvalue weighted by Crippen LogP contribution is -2.28. The second-order valence-electron chi connectivity index (χ2n) is 5.45. The fourth-order valence-corrected chi connectivity index (χ4v) is 2.74. The third-order valence-corrected chi connectivity index (χ3v) is 4.35. The van der Waals surface area contributed by atoms with Gasteiger partial charge in [0.1, 0.15) is 5.75 Å². The fourth-order valence-electron chi connectivity index (χ4n) is 2.54. The van der Waals surface area contributed by atoms with E-state index in [0.29, 0.717) is 11.7 Å². The highest BCUT2D eigenvalue weighted by Crippen LogP contribution is 2.32. The molecule has 1 N–H and O–H groups in total. The van der Waals surface area contributed by atoms with Crippen molar-refractivity contribution in [3.8, 4) is 5.75 Å². The molecule has 1 fully saturated rings. The average Bonchev–Trinajstić information content (AvgIpc) is 2.36. The van der Waals surface area contributed by atoms with E-state index in [1.807, 2.05) is 0 Å². The Morgan fingerprint density at radius 1 is 1.32 bits per heavy atom. The third-order valence-electron chi connectivity index (χ3n) is 4.02. The Bertz CT molecular complexity index is 472. The lowest BCUT2D eigenvalue weighted by Gasteiger charge is -2.32. The highest BCUT2D eigenvalue weighted by atomic mass is 35.5. The Balaban J connectivity index is 2.07. The van der Waals surface area contributed by atoms with Crippen LogP contribution in [0.15, 0.2) is 18.2 Å². The maximum atomic E-state index is 11.0. The van der Waals surface area contributed by atoms with Gasteiger partial charge in [0, 0.05) is 0 Å². The molecular weight excluding hydrogens is 264 g/mol. The first-order chi connectivity index (χ1) is 8.97. The zero-order valence-electron chi connectivity index (χ0n) is 11.2. The van der Waals surface area contributed by atoms with Crippen molar-refractivity contribution in [2.24, 2.45) is 11.8 Å². The van der Waals surface area contributed by atoms with Gasteiger partial charge in [0.25, 0.3) is 0 Å². The van der Waals surface area contributed by atoms with E-state index in [1.165, 1.54) is 6.07 Å². The van der Waals surface area contributed by atoms with E-state index in [0.717, 1.165) is 25.2 Å². The van der Waals surface area contributed by atoms with Crippen molar-refractivity contribution in [3.63, 3.8) is 0 Å². The minimum Gasteiger partial charge on any atom is -0.490 e. The summed E-state index contributed by atoms with van der Waals surface area (Å²) in [5.74, 6) is 0.944. The van der Waals surface area contributed by atoms with Gasteiger partial charge in [-0.15, -0.1) is 0 Å². The lowest BCUT2D eigenvalue weighted by molar-refractivity contribution is 0.0694. The van der Waals surface area contributed by atoms with Crippen molar-refractivity contribution in [1.82, 2.24) is 0 Å². The second kappa shape index (κ2) is 5.83. The summed E-state index contributed by atoms with van der Waals surface area (Å²) in [5.41, 5.74) is 0.0939. The van der Waals surface area contributed by atoms with E-state index in [2.05, 4.69) is 13.8 Å². The molecule has 0 aromatic heterocycles. The molecule has 3 nitrogen and oxygen atoms in total. The Morgan fingerprint density at radius 3 is 2.68 bits per heavy atom. The number of carbonyl (C=O) groups is 1. The quantitative estimate of drug-likeness (QED) is 0.902. The monoisotopic (exact) mass is 282 g/mol. The predicted molar refractivity (Wildman–Crippen MR) is 75.0 cm³/mol. The van der Waals surface area contributed by atoms with Gasteiger partial charge >= 0.3 is 5.97 Å². The fraction of sp³-hybridized carbons (Fsp3) is 0.533. The number of halogens is 1. The van der Waals surface area contributed by atoms with Gasteiger partial charge in [-0.3, -0.25) is 0 Å². The van der Waals surface area contributed by atoms with Crippen LogP contribution in [-0.4, -0.2) is 17.2 Å². The molecular formula is C15H19ClO3. The maximum absolute atomic E-state index is 11.0. The molecule has 1 saturated carbocycles. The van der Waals surface area contributed by atoms with Gasteiger partial charge in [-0.05, 0) is 49.3 Å². The molecule has 19 heavy (non-hydrogen) atoms. The van der Waals surface area contributed by atoms with Crippen LogP contribution >= 0.6 is 11.6 Å². The highest BCUT2D eigenvalue weighted by Gasteiger charge is 2.26. The predicted octanol–water partition coefficient (Wildman–Crippen LogP) is 4.24. The SMILES string of the molecule is CC1CCC(Oc2ccc(Cl)c(C(=O)O)c2)CC1C. The molecule has 1 aromatic rings. The molecule has 3 unspecified atom stereocenters. The van der Waals surface area contributed by atoms with Crippen molar-refractivity contribution in [2.75, 3.05) is 0 Å². The molecule has 1 aromatic carbocycles. The molecule has 0 amide bonds. The summed E-state index contributed by atoms with van der Waals surface area (Å²) < 4.78 is 5.90. The lowest BCUT2D eigenvalue weighted by atomic mass is 9.80. The molecule has 1 aliphatic carbocycles. The van der Waals surface area contributed by atoms with Crippen LogP contribution < -0.4 is 4.74 Å². The number of rotatable bonds is 3. The summed E-state index contributed by atoms with van der Waals surface area (Å²) >= 11 is 5.84. The van der Waals surface area contributed by atoms with Crippen LogP contribution in [0.4, 0.5) is 0 Å². The van der Waals surface area contributed by atoms with Gasteiger partial charge in [-0.25, -0.2) is 4.79 Å². The zero-order chi connectivity index (χ0) is 14.0. The summed E-state index contributed by atoms with van der Waals surface area (Å²) in [6.07, 6.45) is 3.38. The van der Waals surface area contributed by atoms with Crippen LogP contribution in [0, 0.1) is 11.8 Å². The molecule has 2 rings (SSSR count). The number of carboxylic acids is 1. The molecule has 0 radical (unpaired) electrons. The van der Waals surface area contributed by atoms with Crippen molar-refractivity contribution in [3.05, 3.63) is 28.8 Å². The number of carboxylic acid groups (broad SMARTS) is 1. The topological polar surface area (TPSA) is 46.5 Å². The maximum Gasteiger partial charge on any atom is 0.337 e. The summed E-state index contributed by atoms with van der Waals surface area (Å²) in [4.78, 5) is 11.0. The zero-order valence-corrected chi connectivity index (χ0v) is 12.0. The Hall–Kier alpha value is -1.22. The minimum absolute atomic E-state index is 0.0939. The van der Waals surface area contributed by atoms with Gasteiger partial charge < -0.3 is 9.84 Å². The first kappa shape index (κ1) is 14.2. The number of hydrogen-bond acceptors (Lipinski definition) is 2. The van der Waals surface area contributed by atoms with Crippen LogP contribution in [0.3, 0.4) is 0 Å². The summed E-state index contributed by atoms with van der Waals surface area (Å²) in [7, 11) is 0. The van der Waals surface area contributed by atoms with Crippen molar-refractivity contribution < 1.29 is 14.6 Å². The van der Waals surface area contributed by atoms with Crippen molar-refractivity contribution >= 4 is 17.6 Å². The Labute approximate surface area is 118 Å². The molecule has 104 valence electrons. The smallest absolute Gasteiger partial charge is 0.337 e. The van der Waals surface area contributed by atoms with E-state index >= 15 is 0 Å².